The molecule has 1 heterocycles. The summed E-state index contributed by atoms with van der Waals surface area (Å²) in [5, 5.41) is 6.00. The molecule has 86 valence electrons. The highest BCUT2D eigenvalue weighted by molar-refractivity contribution is 9.10. The summed E-state index contributed by atoms with van der Waals surface area (Å²) < 4.78 is 0.924. The third kappa shape index (κ3) is 3.20. The van der Waals surface area contributed by atoms with E-state index in [0.717, 1.165) is 17.3 Å². The van der Waals surface area contributed by atoms with E-state index in [-0.39, 0.29) is 11.9 Å². The minimum Gasteiger partial charge on any atom is -0.359 e. The van der Waals surface area contributed by atoms with Crippen molar-refractivity contribution in [3.05, 3.63) is 22.8 Å². The van der Waals surface area contributed by atoms with Crippen molar-refractivity contribution in [2.45, 2.75) is 31.8 Å². The predicted molar refractivity (Wildman–Crippen MR) is 66.2 cm³/mol. The Morgan fingerprint density at radius 3 is 2.88 bits per heavy atom. The minimum absolute atomic E-state index is 0.0345. The normalized spacial score (nSPS) is 16.6. The van der Waals surface area contributed by atoms with Crippen LogP contribution in [0.2, 0.25) is 0 Å². The second-order valence-electron chi connectivity index (χ2n) is 4.01. The van der Waals surface area contributed by atoms with Gasteiger partial charge in [-0.1, -0.05) is 0 Å². The van der Waals surface area contributed by atoms with Gasteiger partial charge >= 0.3 is 0 Å². The SMILES string of the molecule is CC(Nc1ccc(Br)cn1)C(=O)NC1CC1. The zero-order valence-electron chi connectivity index (χ0n) is 9.03. The molecule has 1 unspecified atom stereocenters. The van der Waals surface area contributed by atoms with Gasteiger partial charge in [0.1, 0.15) is 11.9 Å². The second-order valence-corrected chi connectivity index (χ2v) is 4.93. The highest BCUT2D eigenvalue weighted by atomic mass is 79.9. The lowest BCUT2D eigenvalue weighted by atomic mass is 10.3. The Bertz CT molecular complexity index is 375. The standard InChI is InChI=1S/C11H14BrN3O/c1-7(11(16)15-9-3-4-9)14-10-5-2-8(12)6-13-10/h2,5-7,9H,3-4H2,1H3,(H,13,14)(H,15,16). The quantitative estimate of drug-likeness (QED) is 0.888. The van der Waals surface area contributed by atoms with Crippen molar-refractivity contribution in [2.75, 3.05) is 5.32 Å². The maximum atomic E-state index is 11.7. The minimum atomic E-state index is -0.255. The summed E-state index contributed by atoms with van der Waals surface area (Å²) in [7, 11) is 0. The first-order valence-corrected chi connectivity index (χ1v) is 6.13. The Morgan fingerprint density at radius 1 is 1.56 bits per heavy atom. The van der Waals surface area contributed by atoms with Crippen LogP contribution in [0.1, 0.15) is 19.8 Å². The summed E-state index contributed by atoms with van der Waals surface area (Å²) in [4.78, 5) is 15.8. The average molecular weight is 284 g/mol. The fraction of sp³-hybridized carbons (Fsp3) is 0.455. The van der Waals surface area contributed by atoms with Gasteiger partial charge in [-0.05, 0) is 47.8 Å². The van der Waals surface area contributed by atoms with E-state index in [1.807, 2.05) is 19.1 Å². The zero-order chi connectivity index (χ0) is 11.5. The van der Waals surface area contributed by atoms with Crippen LogP contribution in [0.4, 0.5) is 5.82 Å². The van der Waals surface area contributed by atoms with Crippen molar-refractivity contribution in [2.24, 2.45) is 0 Å². The largest absolute Gasteiger partial charge is 0.359 e. The van der Waals surface area contributed by atoms with E-state index in [0.29, 0.717) is 11.9 Å². The lowest BCUT2D eigenvalue weighted by Crippen LogP contribution is -2.38. The number of nitrogens with zero attached hydrogens (tertiary/aromatic N) is 1. The molecule has 1 aromatic rings. The first-order valence-electron chi connectivity index (χ1n) is 5.33. The van der Waals surface area contributed by atoms with Gasteiger partial charge in [-0.15, -0.1) is 0 Å². The number of carbonyl (C=O) groups is 1. The molecule has 1 amide bonds. The first kappa shape index (κ1) is 11.4. The molecule has 1 aliphatic carbocycles. The molecule has 0 spiro atoms. The third-order valence-electron chi connectivity index (χ3n) is 2.41. The fourth-order valence-electron chi connectivity index (χ4n) is 1.30. The van der Waals surface area contributed by atoms with Gasteiger partial charge in [0.05, 0.1) is 0 Å². The van der Waals surface area contributed by atoms with Gasteiger partial charge in [0.25, 0.3) is 0 Å². The maximum Gasteiger partial charge on any atom is 0.242 e. The number of anilines is 1. The van der Waals surface area contributed by atoms with E-state index in [1.165, 1.54) is 0 Å². The maximum absolute atomic E-state index is 11.7. The summed E-state index contributed by atoms with van der Waals surface area (Å²) >= 11 is 3.31. The number of hydrogen-bond acceptors (Lipinski definition) is 3. The van der Waals surface area contributed by atoms with Gasteiger partial charge in [-0.2, -0.15) is 0 Å². The monoisotopic (exact) mass is 283 g/mol. The Labute approximate surface area is 103 Å². The van der Waals surface area contributed by atoms with Crippen LogP contribution in [0.15, 0.2) is 22.8 Å². The zero-order valence-corrected chi connectivity index (χ0v) is 10.6. The molecular formula is C11H14BrN3O. The molecule has 0 saturated heterocycles. The third-order valence-corrected chi connectivity index (χ3v) is 2.88. The van der Waals surface area contributed by atoms with E-state index < -0.39 is 0 Å². The molecule has 1 fully saturated rings. The van der Waals surface area contributed by atoms with Crippen molar-refractivity contribution in [3.8, 4) is 0 Å². The Kier molecular flexibility index (Phi) is 3.43. The molecule has 1 atom stereocenters. The molecular weight excluding hydrogens is 270 g/mol. The molecule has 16 heavy (non-hydrogen) atoms. The molecule has 0 bridgehead atoms. The smallest absolute Gasteiger partial charge is 0.242 e. The van der Waals surface area contributed by atoms with Crippen molar-refractivity contribution in [1.82, 2.24) is 10.3 Å². The van der Waals surface area contributed by atoms with E-state index in [4.69, 9.17) is 0 Å². The van der Waals surface area contributed by atoms with Crippen LogP contribution in [0.3, 0.4) is 0 Å². The summed E-state index contributed by atoms with van der Waals surface area (Å²) in [6.07, 6.45) is 3.91. The molecule has 0 aliphatic heterocycles. The van der Waals surface area contributed by atoms with Gasteiger partial charge < -0.3 is 10.6 Å². The second kappa shape index (κ2) is 4.82. The lowest BCUT2D eigenvalue weighted by Gasteiger charge is -2.14. The van der Waals surface area contributed by atoms with Crippen LogP contribution in [-0.2, 0) is 4.79 Å². The fourth-order valence-corrected chi connectivity index (χ4v) is 1.54. The topological polar surface area (TPSA) is 54.0 Å². The summed E-state index contributed by atoms with van der Waals surface area (Å²) in [6.45, 7) is 1.83. The highest BCUT2D eigenvalue weighted by Crippen LogP contribution is 2.19. The van der Waals surface area contributed by atoms with Gasteiger partial charge in [0.15, 0.2) is 0 Å². The van der Waals surface area contributed by atoms with Crippen molar-refractivity contribution in [1.29, 1.82) is 0 Å². The van der Waals surface area contributed by atoms with Gasteiger partial charge in [0.2, 0.25) is 5.91 Å². The molecule has 0 radical (unpaired) electrons. The Morgan fingerprint density at radius 2 is 2.31 bits per heavy atom. The molecule has 1 aliphatic rings. The number of halogens is 1. The molecule has 2 rings (SSSR count). The molecule has 4 nitrogen and oxygen atoms in total. The van der Waals surface area contributed by atoms with Gasteiger partial charge in [0, 0.05) is 16.7 Å². The predicted octanol–water partition coefficient (Wildman–Crippen LogP) is 1.92. The number of amides is 1. The van der Waals surface area contributed by atoms with Crippen molar-refractivity contribution >= 4 is 27.7 Å². The van der Waals surface area contributed by atoms with Crippen LogP contribution in [-0.4, -0.2) is 23.0 Å². The van der Waals surface area contributed by atoms with E-state index in [9.17, 15) is 4.79 Å². The number of hydrogen-bond donors (Lipinski definition) is 2. The van der Waals surface area contributed by atoms with Crippen LogP contribution >= 0.6 is 15.9 Å². The highest BCUT2D eigenvalue weighted by Gasteiger charge is 2.25. The number of aromatic nitrogens is 1. The molecule has 0 aromatic carbocycles. The van der Waals surface area contributed by atoms with E-state index >= 15 is 0 Å². The van der Waals surface area contributed by atoms with Gasteiger partial charge in [-0.25, -0.2) is 4.98 Å². The summed E-state index contributed by atoms with van der Waals surface area (Å²) in [5.74, 6) is 0.744. The van der Waals surface area contributed by atoms with Crippen LogP contribution in [0, 0.1) is 0 Å². The van der Waals surface area contributed by atoms with Crippen LogP contribution in [0.25, 0.3) is 0 Å². The lowest BCUT2D eigenvalue weighted by molar-refractivity contribution is -0.121. The molecule has 1 saturated carbocycles. The summed E-state index contributed by atoms with van der Waals surface area (Å²) in [6, 6.07) is 3.87. The Hall–Kier alpha value is -1.10. The van der Waals surface area contributed by atoms with Crippen LogP contribution < -0.4 is 10.6 Å². The van der Waals surface area contributed by atoms with E-state index in [2.05, 4.69) is 31.5 Å². The van der Waals surface area contributed by atoms with Crippen molar-refractivity contribution < 1.29 is 4.79 Å². The number of nitrogens with one attached hydrogen (secondary N) is 2. The van der Waals surface area contributed by atoms with E-state index in [1.54, 1.807) is 6.20 Å². The number of rotatable bonds is 4. The number of pyridine rings is 1. The molecule has 2 N–H and O–H groups in total. The molecule has 5 heteroatoms. The number of carbonyl (C=O) groups excluding carboxylic acids is 1. The van der Waals surface area contributed by atoms with Crippen molar-refractivity contribution in [3.63, 3.8) is 0 Å². The van der Waals surface area contributed by atoms with Crippen LogP contribution in [0.5, 0.6) is 0 Å². The average Bonchev–Trinajstić information content (AvgIpc) is 3.05. The van der Waals surface area contributed by atoms with Gasteiger partial charge in [-0.3, -0.25) is 4.79 Å². The first-order chi connectivity index (χ1) is 7.65. The summed E-state index contributed by atoms with van der Waals surface area (Å²) in [5.41, 5.74) is 0. The Balaban J connectivity index is 1.87. The molecule has 1 aromatic heterocycles.